The minimum absolute atomic E-state index is 0.185. The summed E-state index contributed by atoms with van der Waals surface area (Å²) in [6, 6.07) is 17.8. The van der Waals surface area contributed by atoms with Gasteiger partial charge in [-0.25, -0.2) is 0 Å². The maximum Gasteiger partial charge on any atom is 0.171 e. The highest BCUT2D eigenvalue weighted by Crippen LogP contribution is 2.34. The molecule has 2 aromatic rings. The number of allylic oxidation sites excluding steroid dienone is 1. The number of benzene rings is 2. The summed E-state index contributed by atoms with van der Waals surface area (Å²) in [6.07, 6.45) is 2.35. The van der Waals surface area contributed by atoms with Gasteiger partial charge in [-0.3, -0.25) is 4.79 Å². The molecule has 0 saturated heterocycles. The molecule has 1 heterocycles. The minimum atomic E-state index is -0.185. The van der Waals surface area contributed by atoms with Crippen LogP contribution in [0.5, 0.6) is 5.75 Å². The second kappa shape index (κ2) is 7.30. The predicted octanol–water partition coefficient (Wildman–Crippen LogP) is 3.79. The first kappa shape index (κ1) is 16.8. The van der Waals surface area contributed by atoms with Crippen LogP contribution < -0.4 is 15.4 Å². The molecule has 2 N–H and O–H groups in total. The molecule has 132 valence electrons. The maximum absolute atomic E-state index is 12.4. The average Bonchev–Trinajstić information content (AvgIpc) is 2.67. The molecule has 0 fully saturated rings. The number of ether oxygens (including phenoxy) is 1. The first-order chi connectivity index (χ1) is 12.7. The lowest BCUT2D eigenvalue weighted by molar-refractivity contribution is -0.116. The van der Waals surface area contributed by atoms with Crippen molar-refractivity contribution in [2.45, 2.75) is 31.9 Å². The highest BCUT2D eigenvalue weighted by atomic mass is 32.1. The van der Waals surface area contributed by atoms with Crippen molar-refractivity contribution < 1.29 is 9.53 Å². The quantitative estimate of drug-likeness (QED) is 0.809. The van der Waals surface area contributed by atoms with Crippen LogP contribution >= 0.6 is 12.2 Å². The third-order valence-corrected chi connectivity index (χ3v) is 4.97. The third kappa shape index (κ3) is 3.48. The van der Waals surface area contributed by atoms with Crippen molar-refractivity contribution >= 4 is 23.1 Å². The van der Waals surface area contributed by atoms with Crippen molar-refractivity contribution in [1.82, 2.24) is 10.6 Å². The summed E-state index contributed by atoms with van der Waals surface area (Å²) in [5.74, 6) is 1.00. The molecule has 0 spiro atoms. The lowest BCUT2D eigenvalue weighted by Gasteiger charge is -2.33. The van der Waals surface area contributed by atoms with Crippen LogP contribution in [0.4, 0.5) is 0 Å². The monoisotopic (exact) mass is 364 g/mol. The molecule has 2 aliphatic rings. The molecule has 26 heavy (non-hydrogen) atoms. The van der Waals surface area contributed by atoms with E-state index in [9.17, 15) is 4.79 Å². The van der Waals surface area contributed by atoms with Crippen LogP contribution in [0.3, 0.4) is 0 Å². The van der Waals surface area contributed by atoms with E-state index in [0.29, 0.717) is 18.1 Å². The molecule has 2 aromatic carbocycles. The summed E-state index contributed by atoms with van der Waals surface area (Å²) in [4.78, 5) is 12.4. The molecule has 4 nitrogen and oxygen atoms in total. The van der Waals surface area contributed by atoms with E-state index in [1.807, 2.05) is 54.6 Å². The van der Waals surface area contributed by atoms with E-state index in [2.05, 4.69) is 10.6 Å². The minimum Gasteiger partial charge on any atom is -0.489 e. The SMILES string of the molecule is O=C1CCCC2=C1C(c1ccc(OCc3ccccc3)cc1)NC(=S)N2. The number of nitrogens with one attached hydrogen (secondary N) is 2. The number of carbonyl (C=O) groups excluding carboxylic acids is 1. The van der Waals surface area contributed by atoms with Gasteiger partial charge in [-0.15, -0.1) is 0 Å². The Balaban J connectivity index is 1.52. The van der Waals surface area contributed by atoms with Crippen LogP contribution in [0.2, 0.25) is 0 Å². The molecule has 0 aromatic heterocycles. The Labute approximate surface area is 158 Å². The number of Topliss-reactive ketones (excluding diaryl/α,β-unsaturated/α-hetero) is 1. The highest BCUT2D eigenvalue weighted by molar-refractivity contribution is 7.80. The number of thiocarbonyl (C=S) groups is 1. The number of hydrogen-bond donors (Lipinski definition) is 2. The van der Waals surface area contributed by atoms with Crippen LogP contribution in [-0.4, -0.2) is 10.9 Å². The predicted molar refractivity (Wildman–Crippen MR) is 105 cm³/mol. The van der Waals surface area contributed by atoms with E-state index >= 15 is 0 Å². The average molecular weight is 364 g/mol. The van der Waals surface area contributed by atoms with Crippen LogP contribution in [0, 0.1) is 0 Å². The van der Waals surface area contributed by atoms with Gasteiger partial charge in [0.2, 0.25) is 0 Å². The summed E-state index contributed by atoms with van der Waals surface area (Å²) in [5.41, 5.74) is 3.94. The van der Waals surface area contributed by atoms with Gasteiger partial charge in [0, 0.05) is 17.7 Å². The van der Waals surface area contributed by atoms with Crippen molar-refractivity contribution in [3.05, 3.63) is 77.0 Å². The molecule has 1 unspecified atom stereocenters. The Morgan fingerprint density at radius 1 is 1.04 bits per heavy atom. The van der Waals surface area contributed by atoms with E-state index in [1.54, 1.807) is 0 Å². The summed E-state index contributed by atoms with van der Waals surface area (Å²) >= 11 is 5.32. The van der Waals surface area contributed by atoms with Crippen molar-refractivity contribution in [2.75, 3.05) is 0 Å². The number of ketones is 1. The van der Waals surface area contributed by atoms with Gasteiger partial charge in [-0.1, -0.05) is 42.5 Å². The molecule has 1 atom stereocenters. The van der Waals surface area contributed by atoms with Gasteiger partial charge in [-0.05, 0) is 48.3 Å². The molecule has 0 bridgehead atoms. The molecular formula is C21H20N2O2S. The van der Waals surface area contributed by atoms with E-state index in [-0.39, 0.29) is 11.8 Å². The van der Waals surface area contributed by atoms with Crippen molar-refractivity contribution in [3.8, 4) is 5.75 Å². The van der Waals surface area contributed by atoms with E-state index in [4.69, 9.17) is 17.0 Å². The fourth-order valence-electron chi connectivity index (χ4n) is 3.45. The molecule has 0 amide bonds. The molecule has 5 heteroatoms. The van der Waals surface area contributed by atoms with Gasteiger partial charge in [0.25, 0.3) is 0 Å². The van der Waals surface area contributed by atoms with E-state index in [0.717, 1.165) is 41.0 Å². The Hall–Kier alpha value is -2.66. The number of carbonyl (C=O) groups is 1. The van der Waals surface area contributed by atoms with Gasteiger partial charge in [0.15, 0.2) is 10.9 Å². The molecule has 1 aliphatic heterocycles. The fourth-order valence-corrected chi connectivity index (χ4v) is 3.69. The smallest absolute Gasteiger partial charge is 0.171 e. The lowest BCUT2D eigenvalue weighted by Crippen LogP contribution is -2.46. The van der Waals surface area contributed by atoms with Gasteiger partial charge in [-0.2, -0.15) is 0 Å². The zero-order chi connectivity index (χ0) is 17.9. The van der Waals surface area contributed by atoms with Gasteiger partial charge in [0.05, 0.1) is 6.04 Å². The van der Waals surface area contributed by atoms with Gasteiger partial charge < -0.3 is 15.4 Å². The largest absolute Gasteiger partial charge is 0.489 e. The molecule has 1 aliphatic carbocycles. The summed E-state index contributed by atoms with van der Waals surface area (Å²) < 4.78 is 5.85. The Morgan fingerprint density at radius 3 is 2.58 bits per heavy atom. The number of hydrogen-bond acceptors (Lipinski definition) is 3. The topological polar surface area (TPSA) is 50.4 Å². The lowest BCUT2D eigenvalue weighted by atomic mass is 9.85. The standard InChI is InChI=1S/C21H20N2O2S/c24-18-8-4-7-17-19(18)20(23-21(26)22-17)15-9-11-16(12-10-15)25-13-14-5-2-1-3-6-14/h1-3,5-6,9-12,20H,4,7-8,13H2,(H2,22,23,26). The zero-order valence-electron chi connectivity index (χ0n) is 14.3. The molecule has 0 saturated carbocycles. The highest BCUT2D eigenvalue weighted by Gasteiger charge is 2.32. The zero-order valence-corrected chi connectivity index (χ0v) is 15.1. The second-order valence-electron chi connectivity index (χ2n) is 6.54. The van der Waals surface area contributed by atoms with E-state index < -0.39 is 0 Å². The Kier molecular flexibility index (Phi) is 4.71. The van der Waals surface area contributed by atoms with E-state index in [1.165, 1.54) is 0 Å². The van der Waals surface area contributed by atoms with Crippen LogP contribution in [0.25, 0.3) is 0 Å². The first-order valence-corrected chi connectivity index (χ1v) is 9.22. The maximum atomic E-state index is 12.4. The Bertz CT molecular complexity index is 859. The third-order valence-electron chi connectivity index (χ3n) is 4.75. The van der Waals surface area contributed by atoms with Crippen molar-refractivity contribution in [3.63, 3.8) is 0 Å². The first-order valence-electron chi connectivity index (χ1n) is 8.81. The summed E-state index contributed by atoms with van der Waals surface area (Å²) in [6.45, 7) is 0.531. The molecular weight excluding hydrogens is 344 g/mol. The van der Waals surface area contributed by atoms with Gasteiger partial charge in [0.1, 0.15) is 12.4 Å². The molecule has 4 rings (SSSR count). The van der Waals surface area contributed by atoms with Crippen molar-refractivity contribution in [1.29, 1.82) is 0 Å². The van der Waals surface area contributed by atoms with Crippen molar-refractivity contribution in [2.24, 2.45) is 0 Å². The normalized spacial score (nSPS) is 19.5. The summed E-state index contributed by atoms with van der Waals surface area (Å²) in [7, 11) is 0. The van der Waals surface area contributed by atoms with Crippen LogP contribution in [0.15, 0.2) is 65.9 Å². The fraction of sp³-hybridized carbons (Fsp3) is 0.238. The van der Waals surface area contributed by atoms with Crippen LogP contribution in [-0.2, 0) is 11.4 Å². The molecule has 0 radical (unpaired) electrons. The Morgan fingerprint density at radius 2 is 1.81 bits per heavy atom. The summed E-state index contributed by atoms with van der Waals surface area (Å²) in [5, 5.41) is 6.97. The number of rotatable bonds is 4. The van der Waals surface area contributed by atoms with Crippen LogP contribution in [0.1, 0.15) is 36.4 Å². The van der Waals surface area contributed by atoms with Gasteiger partial charge >= 0.3 is 0 Å². The second-order valence-corrected chi connectivity index (χ2v) is 6.95.